The van der Waals surface area contributed by atoms with Gasteiger partial charge in [-0.2, -0.15) is 13.2 Å². The fraction of sp³-hybridized carbons (Fsp3) is 0.345. The van der Waals surface area contributed by atoms with Crippen LogP contribution in [-0.2, 0) is 31.4 Å². The van der Waals surface area contributed by atoms with Crippen molar-refractivity contribution in [2.24, 2.45) is 0 Å². The summed E-state index contributed by atoms with van der Waals surface area (Å²) in [6, 6.07) is 14.9. The van der Waals surface area contributed by atoms with Crippen molar-refractivity contribution in [3.05, 3.63) is 77.7 Å². The lowest BCUT2D eigenvalue weighted by atomic mass is 9.87. The van der Waals surface area contributed by atoms with Crippen molar-refractivity contribution in [2.45, 2.75) is 52.4 Å². The number of nitrogens with one attached hydrogen (secondary N) is 1. The predicted molar refractivity (Wildman–Crippen MR) is 151 cm³/mol. The third-order valence-corrected chi connectivity index (χ3v) is 8.10. The molecule has 40 heavy (non-hydrogen) atoms. The van der Waals surface area contributed by atoms with Crippen LogP contribution in [0.15, 0.2) is 60.8 Å². The Morgan fingerprint density at radius 2 is 1.60 bits per heavy atom. The van der Waals surface area contributed by atoms with Crippen molar-refractivity contribution >= 4 is 30.0 Å². The highest BCUT2D eigenvalue weighted by molar-refractivity contribution is 7.53. The number of aromatic nitrogens is 3. The molecule has 0 spiro atoms. The van der Waals surface area contributed by atoms with Crippen molar-refractivity contribution in [1.82, 2.24) is 15.0 Å². The molecule has 0 unspecified atom stereocenters. The van der Waals surface area contributed by atoms with Crippen LogP contribution in [0.25, 0.3) is 22.2 Å². The van der Waals surface area contributed by atoms with E-state index in [-0.39, 0.29) is 41.9 Å². The summed E-state index contributed by atoms with van der Waals surface area (Å²) in [5.74, 6) is 0.576. The molecule has 0 atom stereocenters. The van der Waals surface area contributed by atoms with Crippen LogP contribution in [0.2, 0.25) is 0 Å². The van der Waals surface area contributed by atoms with E-state index in [4.69, 9.17) is 9.05 Å². The van der Waals surface area contributed by atoms with E-state index in [1.807, 2.05) is 24.3 Å². The number of hydrogen-bond acceptors (Lipinski definition) is 7. The van der Waals surface area contributed by atoms with E-state index in [1.165, 1.54) is 18.3 Å². The van der Waals surface area contributed by atoms with Gasteiger partial charge in [-0.25, -0.2) is 9.97 Å². The van der Waals surface area contributed by atoms with Crippen LogP contribution in [0.4, 0.5) is 24.7 Å². The molecule has 2 aromatic carbocycles. The van der Waals surface area contributed by atoms with Gasteiger partial charge in [0, 0.05) is 22.8 Å². The molecule has 0 saturated carbocycles. The third-order valence-electron chi connectivity index (χ3n) is 6.13. The van der Waals surface area contributed by atoms with Crippen molar-refractivity contribution in [3.8, 4) is 11.3 Å². The first-order valence-electron chi connectivity index (χ1n) is 12.9. The van der Waals surface area contributed by atoms with E-state index in [1.54, 1.807) is 26.0 Å². The largest absolute Gasteiger partial charge is 0.418 e. The van der Waals surface area contributed by atoms with Crippen molar-refractivity contribution in [1.29, 1.82) is 0 Å². The Balaban J connectivity index is 1.84. The third kappa shape index (κ3) is 6.86. The van der Waals surface area contributed by atoms with E-state index < -0.39 is 19.3 Å². The highest BCUT2D eigenvalue weighted by Crippen LogP contribution is 2.51. The SMILES string of the molecule is CCOP(=O)(Cc1nc(Nc2ccc(C(C)(C)C)cc2)c2ccc(-c3ncccc3C(F)(F)F)cc2n1)OCC. The Morgan fingerprint density at radius 3 is 2.20 bits per heavy atom. The zero-order valence-corrected chi connectivity index (χ0v) is 23.9. The van der Waals surface area contributed by atoms with Gasteiger partial charge in [0.1, 0.15) is 17.8 Å². The first-order valence-corrected chi connectivity index (χ1v) is 14.6. The average Bonchev–Trinajstić information content (AvgIpc) is 2.88. The van der Waals surface area contributed by atoms with Crippen LogP contribution in [0.1, 0.15) is 51.6 Å². The number of anilines is 2. The molecule has 4 aromatic rings. The van der Waals surface area contributed by atoms with Gasteiger partial charge in [0.2, 0.25) is 0 Å². The molecule has 4 rings (SSSR count). The van der Waals surface area contributed by atoms with Gasteiger partial charge in [0.05, 0.1) is 30.0 Å². The van der Waals surface area contributed by atoms with E-state index in [9.17, 15) is 17.7 Å². The molecule has 7 nitrogen and oxygen atoms in total. The minimum atomic E-state index is -4.58. The Morgan fingerprint density at radius 1 is 0.925 bits per heavy atom. The Hall–Kier alpha value is -3.33. The van der Waals surface area contributed by atoms with Gasteiger partial charge >= 0.3 is 13.8 Å². The molecule has 0 radical (unpaired) electrons. The molecule has 0 bridgehead atoms. The topological polar surface area (TPSA) is 86.2 Å². The summed E-state index contributed by atoms with van der Waals surface area (Å²) in [5, 5.41) is 3.86. The number of hydrogen-bond donors (Lipinski definition) is 1. The normalized spacial score (nSPS) is 12.6. The maximum atomic E-state index is 13.7. The van der Waals surface area contributed by atoms with Crippen LogP contribution in [0.3, 0.4) is 0 Å². The number of fused-ring (bicyclic) bond motifs is 1. The van der Waals surface area contributed by atoms with Gasteiger partial charge in [-0.15, -0.1) is 0 Å². The first-order chi connectivity index (χ1) is 18.8. The summed E-state index contributed by atoms with van der Waals surface area (Å²) in [7, 11) is -3.56. The standard InChI is InChI=1S/C29H32F3N4O3P/c1-6-38-40(37,39-7-2)18-25-35-24-17-19(26-23(29(30,31)32)9-8-16-33-26)10-15-22(24)27(36-25)34-21-13-11-20(12-14-21)28(3,4)5/h8-17H,6-7,18H2,1-5H3,(H,34,35,36). The number of halogens is 3. The highest BCUT2D eigenvalue weighted by atomic mass is 31.2. The molecule has 0 saturated heterocycles. The molecular weight excluding hydrogens is 540 g/mol. The second kappa shape index (κ2) is 11.6. The van der Waals surface area contributed by atoms with Crippen molar-refractivity contribution < 1.29 is 26.8 Å². The van der Waals surface area contributed by atoms with Crippen molar-refractivity contribution in [2.75, 3.05) is 18.5 Å². The zero-order valence-electron chi connectivity index (χ0n) is 23.0. The molecule has 0 amide bonds. The quantitative estimate of drug-likeness (QED) is 0.201. The zero-order chi connectivity index (χ0) is 29.1. The fourth-order valence-electron chi connectivity index (χ4n) is 4.24. The smallest absolute Gasteiger partial charge is 0.340 e. The molecule has 212 valence electrons. The summed E-state index contributed by atoms with van der Waals surface area (Å²) in [5.41, 5.74) is 1.42. The van der Waals surface area contributed by atoms with Gasteiger partial charge in [0.25, 0.3) is 0 Å². The van der Waals surface area contributed by atoms with Crippen LogP contribution in [-0.4, -0.2) is 28.2 Å². The average molecular weight is 573 g/mol. The summed E-state index contributed by atoms with van der Waals surface area (Å²) >= 11 is 0. The molecule has 2 aromatic heterocycles. The second-order valence-electron chi connectivity index (χ2n) is 10.2. The first kappa shape index (κ1) is 29.6. The molecule has 0 aliphatic carbocycles. The molecule has 2 heterocycles. The summed E-state index contributed by atoms with van der Waals surface area (Å²) < 4.78 is 65.3. The van der Waals surface area contributed by atoms with Gasteiger partial charge in [0.15, 0.2) is 0 Å². The molecule has 0 fully saturated rings. The fourth-order valence-corrected chi connectivity index (χ4v) is 5.77. The van der Waals surface area contributed by atoms with Gasteiger partial charge in [-0.05, 0) is 61.2 Å². The van der Waals surface area contributed by atoms with Crippen LogP contribution < -0.4 is 5.32 Å². The van der Waals surface area contributed by atoms with E-state index >= 15 is 0 Å². The lowest BCUT2D eigenvalue weighted by Gasteiger charge is -2.20. The highest BCUT2D eigenvalue weighted by Gasteiger charge is 2.34. The van der Waals surface area contributed by atoms with Crippen molar-refractivity contribution in [3.63, 3.8) is 0 Å². The maximum Gasteiger partial charge on any atom is 0.418 e. The Labute approximate surface area is 231 Å². The minimum Gasteiger partial charge on any atom is -0.340 e. The monoisotopic (exact) mass is 572 g/mol. The number of nitrogens with zero attached hydrogens (tertiary/aromatic N) is 3. The number of pyridine rings is 1. The summed E-state index contributed by atoms with van der Waals surface area (Å²) in [6.45, 7) is 10.1. The molecule has 0 aliphatic heterocycles. The number of alkyl halides is 3. The molecule has 11 heteroatoms. The lowest BCUT2D eigenvalue weighted by molar-refractivity contribution is -0.137. The maximum absolute atomic E-state index is 13.7. The van der Waals surface area contributed by atoms with E-state index in [0.29, 0.717) is 16.7 Å². The Bertz CT molecular complexity index is 1530. The number of benzene rings is 2. The molecule has 0 aliphatic rings. The van der Waals surface area contributed by atoms with E-state index in [2.05, 4.69) is 41.0 Å². The van der Waals surface area contributed by atoms with Crippen LogP contribution in [0, 0.1) is 0 Å². The van der Waals surface area contributed by atoms with Gasteiger partial charge < -0.3 is 14.4 Å². The second-order valence-corrected chi connectivity index (χ2v) is 12.2. The molecular formula is C29H32F3N4O3P. The predicted octanol–water partition coefficient (Wildman–Crippen LogP) is 8.52. The Kier molecular flexibility index (Phi) is 8.63. The van der Waals surface area contributed by atoms with Crippen LogP contribution >= 0.6 is 7.60 Å². The van der Waals surface area contributed by atoms with Gasteiger partial charge in [-0.1, -0.05) is 39.0 Å². The summed E-state index contributed by atoms with van der Waals surface area (Å²) in [4.78, 5) is 13.2. The molecule has 1 N–H and O–H groups in total. The van der Waals surface area contributed by atoms with Crippen LogP contribution in [0.5, 0.6) is 0 Å². The number of rotatable bonds is 9. The lowest BCUT2D eigenvalue weighted by Crippen LogP contribution is -2.10. The minimum absolute atomic E-state index is 0.0236. The van der Waals surface area contributed by atoms with E-state index in [0.717, 1.165) is 17.3 Å². The summed E-state index contributed by atoms with van der Waals surface area (Å²) in [6.07, 6.45) is -3.47. The van der Waals surface area contributed by atoms with Gasteiger partial charge in [-0.3, -0.25) is 9.55 Å².